The van der Waals surface area contributed by atoms with Crippen LogP contribution in [0, 0.1) is 5.92 Å². The zero-order chi connectivity index (χ0) is 12.5. The molecule has 0 saturated carbocycles. The molecule has 1 heterocycles. The quantitative estimate of drug-likeness (QED) is 0.868. The highest BCUT2D eigenvalue weighted by Crippen LogP contribution is 2.29. The van der Waals surface area contributed by atoms with E-state index in [2.05, 4.69) is 29.2 Å². The van der Waals surface area contributed by atoms with E-state index in [1.165, 1.54) is 11.1 Å². The number of benzene rings is 1. The number of hydrogen-bond donors (Lipinski definition) is 2. The summed E-state index contributed by atoms with van der Waals surface area (Å²) < 4.78 is 0. The summed E-state index contributed by atoms with van der Waals surface area (Å²) in [4.78, 5) is 13.9. The zero-order valence-corrected chi connectivity index (χ0v) is 10.0. The summed E-state index contributed by atoms with van der Waals surface area (Å²) in [6.07, 6.45) is 3.00. The van der Waals surface area contributed by atoms with Gasteiger partial charge < -0.3 is 10.1 Å². The Balaban J connectivity index is 1.70. The van der Waals surface area contributed by atoms with Crippen LogP contribution in [-0.2, 0) is 19.3 Å². The SMILES string of the molecule is O=C(O)c1cc2c([nH]1)C[C@H](Cc1ccccc1)C2. The largest absolute Gasteiger partial charge is 0.477 e. The third-order valence-corrected chi connectivity index (χ3v) is 3.59. The third-order valence-electron chi connectivity index (χ3n) is 3.59. The van der Waals surface area contributed by atoms with Crippen molar-refractivity contribution in [3.05, 3.63) is 58.9 Å². The van der Waals surface area contributed by atoms with Gasteiger partial charge in [0.25, 0.3) is 0 Å². The standard InChI is InChI=1S/C15H15NO2/c17-15(18)14-9-12-7-11(8-13(12)16-14)6-10-4-2-1-3-5-10/h1-5,9,11,16H,6-8H2,(H,17,18)/t11-/m1/s1. The number of aromatic amines is 1. The van der Waals surface area contributed by atoms with Crippen molar-refractivity contribution >= 4 is 5.97 Å². The highest BCUT2D eigenvalue weighted by molar-refractivity contribution is 5.86. The van der Waals surface area contributed by atoms with Gasteiger partial charge in [0.2, 0.25) is 0 Å². The molecule has 3 heteroatoms. The average molecular weight is 241 g/mol. The van der Waals surface area contributed by atoms with Gasteiger partial charge in [0.05, 0.1) is 0 Å². The van der Waals surface area contributed by atoms with Gasteiger partial charge in [-0.05, 0) is 42.4 Å². The van der Waals surface area contributed by atoms with Gasteiger partial charge in [-0.1, -0.05) is 30.3 Å². The summed E-state index contributed by atoms with van der Waals surface area (Å²) in [5.41, 5.74) is 3.95. The van der Waals surface area contributed by atoms with Gasteiger partial charge in [0, 0.05) is 5.69 Å². The lowest BCUT2D eigenvalue weighted by Crippen LogP contribution is -2.06. The molecule has 0 spiro atoms. The van der Waals surface area contributed by atoms with Crippen LogP contribution in [-0.4, -0.2) is 16.1 Å². The Morgan fingerprint density at radius 2 is 2.06 bits per heavy atom. The van der Waals surface area contributed by atoms with E-state index >= 15 is 0 Å². The predicted molar refractivity (Wildman–Crippen MR) is 68.8 cm³/mol. The smallest absolute Gasteiger partial charge is 0.352 e. The van der Waals surface area contributed by atoms with Crippen molar-refractivity contribution in [2.75, 3.05) is 0 Å². The first-order valence-electron chi connectivity index (χ1n) is 6.20. The molecule has 1 aliphatic rings. The zero-order valence-electron chi connectivity index (χ0n) is 10.0. The molecule has 18 heavy (non-hydrogen) atoms. The summed E-state index contributed by atoms with van der Waals surface area (Å²) in [7, 11) is 0. The molecule has 3 nitrogen and oxygen atoms in total. The second-order valence-electron chi connectivity index (χ2n) is 4.96. The molecule has 1 atom stereocenters. The highest BCUT2D eigenvalue weighted by Gasteiger charge is 2.25. The molecule has 0 amide bonds. The van der Waals surface area contributed by atoms with E-state index in [9.17, 15) is 4.79 Å². The van der Waals surface area contributed by atoms with E-state index in [1.54, 1.807) is 6.07 Å². The summed E-state index contributed by atoms with van der Waals surface area (Å²) in [5.74, 6) is -0.277. The van der Waals surface area contributed by atoms with Crippen molar-refractivity contribution < 1.29 is 9.90 Å². The molecule has 92 valence electrons. The minimum atomic E-state index is -0.871. The molecule has 0 radical (unpaired) electrons. The van der Waals surface area contributed by atoms with Crippen LogP contribution < -0.4 is 0 Å². The maximum Gasteiger partial charge on any atom is 0.352 e. The Bertz CT molecular complexity index is 548. The summed E-state index contributed by atoms with van der Waals surface area (Å²) in [5, 5.41) is 8.91. The number of carboxylic acid groups (broad SMARTS) is 1. The van der Waals surface area contributed by atoms with E-state index in [0.29, 0.717) is 11.6 Å². The monoisotopic (exact) mass is 241 g/mol. The van der Waals surface area contributed by atoms with E-state index in [4.69, 9.17) is 5.11 Å². The van der Waals surface area contributed by atoms with Gasteiger partial charge in [-0.25, -0.2) is 4.79 Å². The van der Waals surface area contributed by atoms with Crippen molar-refractivity contribution in [3.63, 3.8) is 0 Å². The van der Waals surface area contributed by atoms with Crippen molar-refractivity contribution in [2.45, 2.75) is 19.3 Å². The van der Waals surface area contributed by atoms with Crippen LogP contribution in [0.5, 0.6) is 0 Å². The average Bonchev–Trinajstić information content (AvgIpc) is 2.88. The molecule has 0 fully saturated rings. The van der Waals surface area contributed by atoms with Crippen LogP contribution in [0.4, 0.5) is 0 Å². The Morgan fingerprint density at radius 3 is 2.72 bits per heavy atom. The van der Waals surface area contributed by atoms with E-state index in [0.717, 1.165) is 25.0 Å². The number of aromatic nitrogens is 1. The first-order chi connectivity index (χ1) is 8.72. The number of rotatable bonds is 3. The summed E-state index contributed by atoms with van der Waals surface area (Å²) >= 11 is 0. The molecule has 0 bridgehead atoms. The lowest BCUT2D eigenvalue weighted by atomic mass is 9.97. The lowest BCUT2D eigenvalue weighted by Gasteiger charge is -2.08. The Kier molecular flexibility index (Phi) is 2.67. The molecule has 0 aliphatic heterocycles. The number of fused-ring (bicyclic) bond motifs is 1. The predicted octanol–water partition coefficient (Wildman–Crippen LogP) is 2.67. The summed E-state index contributed by atoms with van der Waals surface area (Å²) in [6, 6.07) is 12.2. The molecule has 1 aromatic heterocycles. The fourth-order valence-electron chi connectivity index (χ4n) is 2.78. The van der Waals surface area contributed by atoms with Crippen molar-refractivity contribution in [1.29, 1.82) is 0 Å². The van der Waals surface area contributed by atoms with Gasteiger partial charge in [0.15, 0.2) is 0 Å². The first kappa shape index (κ1) is 11.1. The van der Waals surface area contributed by atoms with Crippen LogP contribution in [0.25, 0.3) is 0 Å². The molecule has 2 N–H and O–H groups in total. The van der Waals surface area contributed by atoms with Gasteiger partial charge in [-0.2, -0.15) is 0 Å². The van der Waals surface area contributed by atoms with Crippen LogP contribution in [0.2, 0.25) is 0 Å². The third kappa shape index (κ3) is 2.04. The number of aromatic carboxylic acids is 1. The number of carbonyl (C=O) groups is 1. The van der Waals surface area contributed by atoms with Gasteiger partial charge >= 0.3 is 5.97 Å². The number of hydrogen-bond acceptors (Lipinski definition) is 1. The minimum Gasteiger partial charge on any atom is -0.477 e. The second-order valence-corrected chi connectivity index (χ2v) is 4.96. The normalized spacial score (nSPS) is 17.7. The lowest BCUT2D eigenvalue weighted by molar-refractivity contribution is 0.0691. The minimum absolute atomic E-state index is 0.318. The first-order valence-corrected chi connectivity index (χ1v) is 6.20. The molecule has 2 aromatic rings. The molecule has 0 unspecified atom stereocenters. The van der Waals surface area contributed by atoms with Crippen molar-refractivity contribution in [3.8, 4) is 0 Å². The number of carboxylic acids is 1. The molecular weight excluding hydrogens is 226 g/mol. The molecular formula is C15H15NO2. The Morgan fingerprint density at radius 1 is 1.28 bits per heavy atom. The molecule has 3 rings (SSSR count). The Hall–Kier alpha value is -2.03. The molecule has 0 saturated heterocycles. The fourth-order valence-corrected chi connectivity index (χ4v) is 2.78. The van der Waals surface area contributed by atoms with Gasteiger partial charge in [-0.3, -0.25) is 0 Å². The van der Waals surface area contributed by atoms with Crippen LogP contribution in [0.15, 0.2) is 36.4 Å². The van der Waals surface area contributed by atoms with Crippen LogP contribution >= 0.6 is 0 Å². The van der Waals surface area contributed by atoms with E-state index < -0.39 is 5.97 Å². The van der Waals surface area contributed by atoms with Gasteiger partial charge in [-0.15, -0.1) is 0 Å². The van der Waals surface area contributed by atoms with E-state index in [1.807, 2.05) is 6.07 Å². The highest BCUT2D eigenvalue weighted by atomic mass is 16.4. The topological polar surface area (TPSA) is 53.1 Å². The van der Waals surface area contributed by atoms with Crippen LogP contribution in [0.3, 0.4) is 0 Å². The molecule has 1 aromatic carbocycles. The Labute approximate surface area is 105 Å². The second kappa shape index (κ2) is 4.33. The van der Waals surface area contributed by atoms with Gasteiger partial charge in [0.1, 0.15) is 5.69 Å². The number of H-pyrrole nitrogens is 1. The van der Waals surface area contributed by atoms with Crippen molar-refractivity contribution in [1.82, 2.24) is 4.98 Å². The number of nitrogens with one attached hydrogen (secondary N) is 1. The summed E-state index contributed by atoms with van der Waals surface area (Å²) in [6.45, 7) is 0. The van der Waals surface area contributed by atoms with Crippen molar-refractivity contribution in [2.24, 2.45) is 5.92 Å². The van der Waals surface area contributed by atoms with Crippen LogP contribution in [0.1, 0.15) is 27.3 Å². The maximum atomic E-state index is 10.8. The van der Waals surface area contributed by atoms with E-state index in [-0.39, 0.29) is 0 Å². The maximum absolute atomic E-state index is 10.8. The molecule has 1 aliphatic carbocycles. The fraction of sp³-hybridized carbons (Fsp3) is 0.267.